The summed E-state index contributed by atoms with van der Waals surface area (Å²) in [5, 5.41) is 14.4. The van der Waals surface area contributed by atoms with E-state index in [9.17, 15) is 9.59 Å². The summed E-state index contributed by atoms with van der Waals surface area (Å²) >= 11 is 0. The fourth-order valence-electron chi connectivity index (χ4n) is 2.39. The summed E-state index contributed by atoms with van der Waals surface area (Å²) in [6, 6.07) is -0.246. The first kappa shape index (κ1) is 14.8. The van der Waals surface area contributed by atoms with Crippen molar-refractivity contribution < 1.29 is 14.7 Å². The maximum absolute atomic E-state index is 11.5. The molecule has 0 aromatic heterocycles. The zero-order chi connectivity index (χ0) is 13.4. The zero-order valence-electron chi connectivity index (χ0n) is 11.1. The standard InChI is InChI=1S/C13H24N2O3/c1-2-5-11(12(16)17)9-15-13(18)14-8-10-6-3-4-7-10/h10-11H,2-9H2,1H3,(H,16,17)(H2,14,15,18). The first-order chi connectivity index (χ1) is 8.63. The average Bonchev–Trinajstić information content (AvgIpc) is 2.84. The summed E-state index contributed by atoms with van der Waals surface area (Å²) < 4.78 is 0. The first-order valence-electron chi connectivity index (χ1n) is 6.88. The Morgan fingerprint density at radius 3 is 2.50 bits per heavy atom. The van der Waals surface area contributed by atoms with Crippen LogP contribution in [0.25, 0.3) is 0 Å². The number of urea groups is 1. The third-order valence-electron chi connectivity index (χ3n) is 3.52. The molecule has 1 aliphatic carbocycles. The number of aliphatic carboxylic acids is 1. The van der Waals surface area contributed by atoms with E-state index in [0.29, 0.717) is 18.9 Å². The van der Waals surface area contributed by atoms with Gasteiger partial charge in [0.15, 0.2) is 0 Å². The Bertz CT molecular complexity index is 275. The van der Waals surface area contributed by atoms with Crippen LogP contribution in [0.5, 0.6) is 0 Å². The van der Waals surface area contributed by atoms with Gasteiger partial charge in [0.2, 0.25) is 0 Å². The van der Waals surface area contributed by atoms with E-state index in [0.717, 1.165) is 6.42 Å². The van der Waals surface area contributed by atoms with Crippen molar-refractivity contribution in [2.45, 2.75) is 45.4 Å². The van der Waals surface area contributed by atoms with Crippen LogP contribution in [0, 0.1) is 11.8 Å². The van der Waals surface area contributed by atoms with E-state index >= 15 is 0 Å². The molecule has 0 radical (unpaired) electrons. The minimum Gasteiger partial charge on any atom is -0.481 e. The van der Waals surface area contributed by atoms with Crippen molar-refractivity contribution in [3.05, 3.63) is 0 Å². The predicted molar refractivity (Wildman–Crippen MR) is 69.4 cm³/mol. The summed E-state index contributed by atoms with van der Waals surface area (Å²) in [6.45, 7) is 2.85. The number of rotatable bonds is 7. The van der Waals surface area contributed by atoms with Crippen LogP contribution in [0.2, 0.25) is 0 Å². The molecule has 0 bridgehead atoms. The third kappa shape index (κ3) is 5.38. The molecule has 2 amide bonds. The van der Waals surface area contributed by atoms with Crippen molar-refractivity contribution in [2.75, 3.05) is 13.1 Å². The highest BCUT2D eigenvalue weighted by molar-refractivity contribution is 5.75. The second-order valence-electron chi connectivity index (χ2n) is 5.07. The van der Waals surface area contributed by atoms with Crippen molar-refractivity contribution in [1.82, 2.24) is 10.6 Å². The van der Waals surface area contributed by atoms with E-state index in [4.69, 9.17) is 5.11 Å². The number of nitrogens with one attached hydrogen (secondary N) is 2. The first-order valence-corrected chi connectivity index (χ1v) is 6.88. The Balaban J connectivity index is 2.16. The Labute approximate surface area is 108 Å². The molecule has 0 aliphatic heterocycles. The van der Waals surface area contributed by atoms with Gasteiger partial charge < -0.3 is 15.7 Å². The third-order valence-corrected chi connectivity index (χ3v) is 3.52. The van der Waals surface area contributed by atoms with Gasteiger partial charge >= 0.3 is 12.0 Å². The summed E-state index contributed by atoms with van der Waals surface area (Å²) in [5.41, 5.74) is 0. The molecule has 3 N–H and O–H groups in total. The molecule has 104 valence electrons. The van der Waals surface area contributed by atoms with Gasteiger partial charge in [-0.15, -0.1) is 0 Å². The lowest BCUT2D eigenvalue weighted by atomic mass is 10.0. The van der Waals surface area contributed by atoms with Crippen LogP contribution in [-0.2, 0) is 4.79 Å². The molecule has 0 heterocycles. The molecule has 1 aliphatic rings. The lowest BCUT2D eigenvalue weighted by Crippen LogP contribution is -2.41. The second kappa shape index (κ2) is 7.95. The second-order valence-corrected chi connectivity index (χ2v) is 5.07. The van der Waals surface area contributed by atoms with Gasteiger partial charge in [-0.3, -0.25) is 4.79 Å². The molecule has 0 aromatic carbocycles. The number of carbonyl (C=O) groups excluding carboxylic acids is 1. The van der Waals surface area contributed by atoms with Gasteiger partial charge in [-0.2, -0.15) is 0 Å². The fraction of sp³-hybridized carbons (Fsp3) is 0.846. The molecule has 1 unspecified atom stereocenters. The van der Waals surface area contributed by atoms with E-state index in [1.807, 2.05) is 6.92 Å². The van der Waals surface area contributed by atoms with Gasteiger partial charge in [0.1, 0.15) is 0 Å². The van der Waals surface area contributed by atoms with Gasteiger partial charge in [0.05, 0.1) is 5.92 Å². The van der Waals surface area contributed by atoms with E-state index in [-0.39, 0.29) is 12.6 Å². The van der Waals surface area contributed by atoms with Crippen LogP contribution in [0.1, 0.15) is 45.4 Å². The van der Waals surface area contributed by atoms with Crippen molar-refractivity contribution >= 4 is 12.0 Å². The highest BCUT2D eigenvalue weighted by Crippen LogP contribution is 2.23. The lowest BCUT2D eigenvalue weighted by molar-refractivity contribution is -0.141. The van der Waals surface area contributed by atoms with Crippen LogP contribution in [0.3, 0.4) is 0 Å². The van der Waals surface area contributed by atoms with Crippen molar-refractivity contribution in [3.8, 4) is 0 Å². The Morgan fingerprint density at radius 2 is 1.94 bits per heavy atom. The van der Waals surface area contributed by atoms with Gasteiger partial charge in [-0.1, -0.05) is 26.2 Å². The van der Waals surface area contributed by atoms with E-state index in [1.54, 1.807) is 0 Å². The van der Waals surface area contributed by atoms with Crippen LogP contribution >= 0.6 is 0 Å². The normalized spacial score (nSPS) is 17.4. The van der Waals surface area contributed by atoms with Crippen molar-refractivity contribution in [1.29, 1.82) is 0 Å². The number of carboxylic acid groups (broad SMARTS) is 1. The summed E-state index contributed by atoms with van der Waals surface area (Å²) in [6.07, 6.45) is 6.29. The minimum atomic E-state index is -0.840. The molecular formula is C13H24N2O3. The molecule has 0 aromatic rings. The van der Waals surface area contributed by atoms with Gasteiger partial charge in [0, 0.05) is 13.1 Å². The van der Waals surface area contributed by atoms with E-state index in [2.05, 4.69) is 10.6 Å². The molecule has 1 fully saturated rings. The summed E-state index contributed by atoms with van der Waals surface area (Å²) in [4.78, 5) is 22.4. The number of amides is 2. The minimum absolute atomic E-state index is 0.208. The maximum atomic E-state index is 11.5. The van der Waals surface area contributed by atoms with Crippen molar-refractivity contribution in [3.63, 3.8) is 0 Å². The lowest BCUT2D eigenvalue weighted by Gasteiger charge is -2.14. The highest BCUT2D eigenvalue weighted by atomic mass is 16.4. The van der Waals surface area contributed by atoms with Crippen LogP contribution in [0.15, 0.2) is 0 Å². The largest absolute Gasteiger partial charge is 0.481 e. The van der Waals surface area contributed by atoms with Crippen molar-refractivity contribution in [2.24, 2.45) is 11.8 Å². The average molecular weight is 256 g/mol. The van der Waals surface area contributed by atoms with Gasteiger partial charge in [-0.25, -0.2) is 4.79 Å². The molecule has 1 rings (SSSR count). The topological polar surface area (TPSA) is 78.4 Å². The Morgan fingerprint density at radius 1 is 1.28 bits per heavy atom. The summed E-state index contributed by atoms with van der Waals surface area (Å²) in [7, 11) is 0. The predicted octanol–water partition coefficient (Wildman–Crippen LogP) is 1.98. The molecule has 0 saturated heterocycles. The molecule has 1 atom stereocenters. The zero-order valence-corrected chi connectivity index (χ0v) is 11.1. The smallest absolute Gasteiger partial charge is 0.314 e. The van der Waals surface area contributed by atoms with Crippen LogP contribution in [0.4, 0.5) is 4.79 Å². The molecule has 18 heavy (non-hydrogen) atoms. The van der Waals surface area contributed by atoms with E-state index < -0.39 is 11.9 Å². The molecule has 5 heteroatoms. The molecule has 1 saturated carbocycles. The Kier molecular flexibility index (Phi) is 6.54. The molecular weight excluding hydrogens is 232 g/mol. The van der Waals surface area contributed by atoms with Crippen LogP contribution in [-0.4, -0.2) is 30.2 Å². The fourth-order valence-corrected chi connectivity index (χ4v) is 2.39. The van der Waals surface area contributed by atoms with E-state index in [1.165, 1.54) is 25.7 Å². The Hall–Kier alpha value is -1.26. The van der Waals surface area contributed by atoms with Gasteiger partial charge in [-0.05, 0) is 25.2 Å². The quantitative estimate of drug-likeness (QED) is 0.651. The molecule has 5 nitrogen and oxygen atoms in total. The number of hydrogen-bond donors (Lipinski definition) is 3. The van der Waals surface area contributed by atoms with Gasteiger partial charge in [0.25, 0.3) is 0 Å². The van der Waals surface area contributed by atoms with Crippen LogP contribution < -0.4 is 10.6 Å². The monoisotopic (exact) mass is 256 g/mol. The number of carboxylic acids is 1. The SMILES string of the molecule is CCCC(CNC(=O)NCC1CCCC1)C(=O)O. The highest BCUT2D eigenvalue weighted by Gasteiger charge is 2.18. The number of hydrogen-bond acceptors (Lipinski definition) is 2. The summed E-state index contributed by atoms with van der Waals surface area (Å²) in [5.74, 6) is -0.721. The number of carbonyl (C=O) groups is 2. The molecule has 0 spiro atoms. The maximum Gasteiger partial charge on any atom is 0.314 e.